The molecule has 3 aromatic rings. The molecule has 2 aromatic carbocycles. The fraction of sp³-hybridized carbons (Fsp3) is 0. The summed E-state index contributed by atoms with van der Waals surface area (Å²) in [6.07, 6.45) is 0. The SMILES string of the molecule is NNc1cc(-c2ccccc2)nc2c(Cl)cc(Br)cc12. The second kappa shape index (κ2) is 5.40. The van der Waals surface area contributed by atoms with Crippen molar-refractivity contribution < 1.29 is 0 Å². The number of hydrogen-bond donors (Lipinski definition) is 2. The van der Waals surface area contributed by atoms with Gasteiger partial charge in [-0.15, -0.1) is 0 Å². The zero-order valence-corrected chi connectivity index (χ0v) is 12.7. The van der Waals surface area contributed by atoms with Gasteiger partial charge in [-0.2, -0.15) is 0 Å². The number of hydrazine groups is 1. The number of pyridine rings is 1. The molecule has 0 bridgehead atoms. The van der Waals surface area contributed by atoms with Crippen LogP contribution in [0.3, 0.4) is 0 Å². The van der Waals surface area contributed by atoms with E-state index < -0.39 is 0 Å². The average molecular weight is 349 g/mol. The van der Waals surface area contributed by atoms with Crippen molar-refractivity contribution in [3.05, 3.63) is 58.0 Å². The first-order valence-corrected chi connectivity index (χ1v) is 7.18. The highest BCUT2D eigenvalue weighted by molar-refractivity contribution is 9.10. The molecule has 0 unspecified atom stereocenters. The topological polar surface area (TPSA) is 50.9 Å². The van der Waals surface area contributed by atoms with E-state index in [1.54, 1.807) is 0 Å². The highest BCUT2D eigenvalue weighted by Crippen LogP contribution is 2.34. The highest BCUT2D eigenvalue weighted by atomic mass is 79.9. The first-order valence-electron chi connectivity index (χ1n) is 6.01. The summed E-state index contributed by atoms with van der Waals surface area (Å²) >= 11 is 9.72. The van der Waals surface area contributed by atoms with Crippen molar-refractivity contribution in [1.29, 1.82) is 0 Å². The minimum absolute atomic E-state index is 0.587. The predicted molar refractivity (Wildman–Crippen MR) is 87.7 cm³/mol. The van der Waals surface area contributed by atoms with E-state index in [-0.39, 0.29) is 0 Å². The Kier molecular flexibility index (Phi) is 3.61. The molecule has 0 spiro atoms. The smallest absolute Gasteiger partial charge is 0.0917 e. The number of benzene rings is 2. The molecule has 1 aromatic heterocycles. The van der Waals surface area contributed by atoms with E-state index in [1.807, 2.05) is 48.5 Å². The molecule has 5 heteroatoms. The van der Waals surface area contributed by atoms with E-state index in [4.69, 9.17) is 17.4 Å². The standard InChI is InChI=1S/C15H11BrClN3/c16-10-6-11-14(20-18)8-13(9-4-2-1-3-5-9)19-15(11)12(17)7-10/h1-8H,18H2,(H,19,20). The Morgan fingerprint density at radius 1 is 1.10 bits per heavy atom. The maximum Gasteiger partial charge on any atom is 0.0917 e. The molecule has 0 amide bonds. The molecular weight excluding hydrogens is 338 g/mol. The summed E-state index contributed by atoms with van der Waals surface area (Å²) in [6.45, 7) is 0. The Labute approximate surface area is 129 Å². The zero-order chi connectivity index (χ0) is 14.1. The number of aromatic nitrogens is 1. The van der Waals surface area contributed by atoms with Crippen molar-refractivity contribution in [3.63, 3.8) is 0 Å². The summed E-state index contributed by atoms with van der Waals surface area (Å²) in [5.74, 6) is 5.63. The van der Waals surface area contributed by atoms with Crippen LogP contribution in [0.15, 0.2) is 53.0 Å². The fourth-order valence-corrected chi connectivity index (χ4v) is 2.98. The molecule has 0 aliphatic carbocycles. The minimum atomic E-state index is 0.587. The van der Waals surface area contributed by atoms with Crippen LogP contribution in [0.1, 0.15) is 0 Å². The highest BCUT2D eigenvalue weighted by Gasteiger charge is 2.10. The van der Waals surface area contributed by atoms with Crippen LogP contribution in [0.25, 0.3) is 22.2 Å². The van der Waals surface area contributed by atoms with E-state index in [1.165, 1.54) is 0 Å². The van der Waals surface area contributed by atoms with Gasteiger partial charge in [-0.05, 0) is 18.2 Å². The normalized spacial score (nSPS) is 10.8. The third-order valence-corrected chi connectivity index (χ3v) is 3.80. The molecule has 1 heterocycles. The van der Waals surface area contributed by atoms with Gasteiger partial charge in [0.2, 0.25) is 0 Å². The number of nitrogens with two attached hydrogens (primary N) is 1. The number of hydrogen-bond acceptors (Lipinski definition) is 3. The van der Waals surface area contributed by atoms with Crippen LogP contribution in [0.2, 0.25) is 5.02 Å². The summed E-state index contributed by atoms with van der Waals surface area (Å²) < 4.78 is 0.890. The van der Waals surface area contributed by atoms with Crippen LogP contribution >= 0.6 is 27.5 Å². The average Bonchev–Trinajstić information content (AvgIpc) is 2.47. The monoisotopic (exact) mass is 347 g/mol. The van der Waals surface area contributed by atoms with Crippen LogP contribution in [0.4, 0.5) is 5.69 Å². The van der Waals surface area contributed by atoms with Gasteiger partial charge in [-0.3, -0.25) is 5.84 Å². The molecule has 20 heavy (non-hydrogen) atoms. The van der Waals surface area contributed by atoms with Crippen molar-refractivity contribution in [2.45, 2.75) is 0 Å². The number of nitrogens with zero attached hydrogens (tertiary/aromatic N) is 1. The lowest BCUT2D eigenvalue weighted by Crippen LogP contribution is -2.08. The summed E-state index contributed by atoms with van der Waals surface area (Å²) in [6, 6.07) is 15.6. The Bertz CT molecular complexity index is 775. The van der Waals surface area contributed by atoms with Gasteiger partial charge >= 0.3 is 0 Å². The van der Waals surface area contributed by atoms with E-state index in [0.29, 0.717) is 5.02 Å². The predicted octanol–water partition coefficient (Wildman–Crippen LogP) is 4.60. The summed E-state index contributed by atoms with van der Waals surface area (Å²) in [5.41, 5.74) is 6.08. The molecule has 3 nitrogen and oxygen atoms in total. The van der Waals surface area contributed by atoms with Crippen molar-refractivity contribution in [2.75, 3.05) is 5.43 Å². The van der Waals surface area contributed by atoms with Gasteiger partial charge in [0.1, 0.15) is 0 Å². The summed E-state index contributed by atoms with van der Waals surface area (Å²) in [5, 5.41) is 1.47. The van der Waals surface area contributed by atoms with Gasteiger partial charge in [0.15, 0.2) is 0 Å². The molecule has 3 rings (SSSR count). The second-order valence-electron chi connectivity index (χ2n) is 4.35. The molecule has 0 radical (unpaired) electrons. The van der Waals surface area contributed by atoms with E-state index >= 15 is 0 Å². The Hall–Kier alpha value is -1.62. The molecule has 0 atom stereocenters. The van der Waals surface area contributed by atoms with Crippen molar-refractivity contribution in [1.82, 2.24) is 4.98 Å². The summed E-state index contributed by atoms with van der Waals surface area (Å²) in [4.78, 5) is 4.65. The van der Waals surface area contributed by atoms with Gasteiger partial charge in [-0.1, -0.05) is 57.9 Å². The van der Waals surface area contributed by atoms with Gasteiger partial charge in [0.25, 0.3) is 0 Å². The number of nitrogens with one attached hydrogen (secondary N) is 1. The molecule has 0 saturated heterocycles. The molecule has 0 aliphatic rings. The lowest BCUT2D eigenvalue weighted by Gasteiger charge is -2.11. The van der Waals surface area contributed by atoms with E-state index in [2.05, 4.69) is 26.3 Å². The molecule has 0 aliphatic heterocycles. The quantitative estimate of drug-likeness (QED) is 0.525. The molecule has 0 saturated carbocycles. The number of halogens is 2. The van der Waals surface area contributed by atoms with Crippen LogP contribution in [0.5, 0.6) is 0 Å². The van der Waals surface area contributed by atoms with Crippen molar-refractivity contribution in [3.8, 4) is 11.3 Å². The van der Waals surface area contributed by atoms with Crippen LogP contribution in [0, 0.1) is 0 Å². The lowest BCUT2D eigenvalue weighted by atomic mass is 10.1. The van der Waals surface area contributed by atoms with Crippen molar-refractivity contribution in [2.24, 2.45) is 5.84 Å². The number of anilines is 1. The van der Waals surface area contributed by atoms with Gasteiger partial charge in [-0.25, -0.2) is 4.98 Å². The Morgan fingerprint density at radius 2 is 1.85 bits per heavy atom. The first-order chi connectivity index (χ1) is 9.69. The number of nitrogen functional groups attached to an aromatic ring is 1. The van der Waals surface area contributed by atoms with Crippen LogP contribution in [-0.4, -0.2) is 4.98 Å². The fourth-order valence-electron chi connectivity index (χ4n) is 2.13. The van der Waals surface area contributed by atoms with E-state index in [0.717, 1.165) is 32.3 Å². The van der Waals surface area contributed by atoms with Gasteiger partial charge in [0.05, 0.1) is 21.9 Å². The Balaban J connectivity index is 2.32. The zero-order valence-electron chi connectivity index (χ0n) is 10.4. The Morgan fingerprint density at radius 3 is 2.55 bits per heavy atom. The van der Waals surface area contributed by atoms with Crippen molar-refractivity contribution >= 4 is 44.1 Å². The summed E-state index contributed by atoms with van der Waals surface area (Å²) in [7, 11) is 0. The van der Waals surface area contributed by atoms with Crippen LogP contribution < -0.4 is 11.3 Å². The number of rotatable bonds is 2. The second-order valence-corrected chi connectivity index (χ2v) is 5.67. The van der Waals surface area contributed by atoms with Gasteiger partial charge in [0, 0.05) is 15.4 Å². The minimum Gasteiger partial charge on any atom is -0.323 e. The molecule has 3 N–H and O–H groups in total. The number of fused-ring (bicyclic) bond motifs is 1. The van der Waals surface area contributed by atoms with Crippen LogP contribution in [-0.2, 0) is 0 Å². The maximum atomic E-state index is 6.29. The molecular formula is C15H11BrClN3. The largest absolute Gasteiger partial charge is 0.323 e. The molecule has 100 valence electrons. The third-order valence-electron chi connectivity index (χ3n) is 3.06. The van der Waals surface area contributed by atoms with E-state index in [9.17, 15) is 0 Å². The maximum absolute atomic E-state index is 6.29. The lowest BCUT2D eigenvalue weighted by molar-refractivity contribution is 1.33. The first kappa shape index (κ1) is 13.4. The van der Waals surface area contributed by atoms with Gasteiger partial charge < -0.3 is 5.43 Å². The third kappa shape index (κ3) is 2.38. The molecule has 0 fully saturated rings.